The molecule has 1 aromatic rings. The minimum absolute atomic E-state index is 0.183. The van der Waals surface area contributed by atoms with E-state index >= 15 is 0 Å². The van der Waals surface area contributed by atoms with E-state index in [1.54, 1.807) is 17.4 Å². The van der Waals surface area contributed by atoms with Crippen molar-refractivity contribution in [3.63, 3.8) is 0 Å². The number of carbonyl (C=O) groups is 1. The molecule has 0 aromatic carbocycles. The molecule has 2 rings (SSSR count). The number of alkyl halides is 1. The lowest BCUT2D eigenvalue weighted by Gasteiger charge is -1.92. The van der Waals surface area contributed by atoms with E-state index in [4.69, 9.17) is 11.6 Å². The van der Waals surface area contributed by atoms with Gasteiger partial charge in [0.05, 0.1) is 11.5 Å². The molecule has 0 unspecified atom stereocenters. The van der Waals surface area contributed by atoms with Gasteiger partial charge < -0.3 is 4.84 Å². The number of nitrogens with zero attached hydrogens (tertiary/aromatic N) is 1. The molecule has 0 aliphatic carbocycles. The van der Waals surface area contributed by atoms with E-state index in [0.29, 0.717) is 11.3 Å². The molecule has 1 aromatic heterocycles. The Morgan fingerprint density at radius 2 is 2.50 bits per heavy atom. The fourth-order valence-corrected chi connectivity index (χ4v) is 1.92. The topological polar surface area (TPSA) is 38.7 Å². The molecule has 1 aliphatic rings. The van der Waals surface area contributed by atoms with E-state index in [-0.39, 0.29) is 5.88 Å². The van der Waals surface area contributed by atoms with E-state index in [9.17, 15) is 4.79 Å². The monoisotopic (exact) mass is 227 g/mol. The summed E-state index contributed by atoms with van der Waals surface area (Å²) in [6.45, 7) is 0. The van der Waals surface area contributed by atoms with Crippen molar-refractivity contribution in [2.24, 2.45) is 5.16 Å². The van der Waals surface area contributed by atoms with Crippen LogP contribution >= 0.6 is 22.9 Å². The van der Waals surface area contributed by atoms with Crippen LogP contribution in [0.5, 0.6) is 0 Å². The molecule has 0 saturated carbocycles. The zero-order valence-corrected chi connectivity index (χ0v) is 8.64. The van der Waals surface area contributed by atoms with Crippen molar-refractivity contribution < 1.29 is 9.63 Å². The second kappa shape index (κ2) is 3.94. The van der Waals surface area contributed by atoms with Crippen molar-refractivity contribution in [2.75, 3.05) is 5.88 Å². The molecule has 0 radical (unpaired) electrons. The quantitative estimate of drug-likeness (QED) is 0.442. The van der Waals surface area contributed by atoms with Gasteiger partial charge in [0.1, 0.15) is 5.71 Å². The Morgan fingerprint density at radius 1 is 1.64 bits per heavy atom. The maximum atomic E-state index is 11.2. The molecule has 0 fully saturated rings. The summed E-state index contributed by atoms with van der Waals surface area (Å²) in [5.41, 5.74) is 0.938. The molecule has 14 heavy (non-hydrogen) atoms. The smallest absolute Gasteiger partial charge is 0.312 e. The van der Waals surface area contributed by atoms with Crippen LogP contribution in [0.1, 0.15) is 4.88 Å². The Kier molecular flexibility index (Phi) is 2.65. The first-order chi connectivity index (χ1) is 6.81. The second-order valence-corrected chi connectivity index (χ2v) is 3.87. The average Bonchev–Trinajstić information content (AvgIpc) is 2.79. The van der Waals surface area contributed by atoms with Gasteiger partial charge in [-0.25, -0.2) is 4.79 Å². The Bertz CT molecular complexity index is 408. The lowest BCUT2D eigenvalue weighted by Crippen LogP contribution is -2.05. The largest absolute Gasteiger partial charge is 0.367 e. The third kappa shape index (κ3) is 1.71. The molecular weight excluding hydrogens is 222 g/mol. The van der Waals surface area contributed by atoms with E-state index in [1.165, 1.54) is 0 Å². The molecule has 1 aliphatic heterocycles. The van der Waals surface area contributed by atoms with Gasteiger partial charge in [0, 0.05) is 4.88 Å². The van der Waals surface area contributed by atoms with Crippen LogP contribution in [0.15, 0.2) is 28.2 Å². The molecular formula is C9H6ClNO2S. The first-order valence-corrected chi connectivity index (χ1v) is 5.32. The zero-order valence-electron chi connectivity index (χ0n) is 7.07. The third-order valence-electron chi connectivity index (χ3n) is 1.73. The average molecular weight is 228 g/mol. The van der Waals surface area contributed by atoms with Crippen molar-refractivity contribution in [2.45, 2.75) is 0 Å². The highest BCUT2D eigenvalue weighted by Gasteiger charge is 2.24. The molecule has 2 heterocycles. The van der Waals surface area contributed by atoms with E-state index < -0.39 is 5.97 Å². The Balaban J connectivity index is 2.33. The Morgan fingerprint density at radius 3 is 3.14 bits per heavy atom. The summed E-state index contributed by atoms with van der Waals surface area (Å²) in [5, 5.41) is 5.50. The summed E-state index contributed by atoms with van der Waals surface area (Å²) in [4.78, 5) is 16.7. The highest BCUT2D eigenvalue weighted by atomic mass is 35.5. The molecule has 0 bridgehead atoms. The van der Waals surface area contributed by atoms with Crippen LogP contribution in [-0.4, -0.2) is 17.6 Å². The third-order valence-corrected chi connectivity index (χ3v) is 2.80. The van der Waals surface area contributed by atoms with Crippen LogP contribution in [-0.2, 0) is 9.63 Å². The number of thiophene rings is 1. The standard InChI is InChI=1S/C9H6ClNO2S/c10-5-8-7(9(12)13-11-8)4-6-2-1-3-14-6/h1-4H,5H2/b7-4-. The van der Waals surface area contributed by atoms with Gasteiger partial charge >= 0.3 is 5.97 Å². The predicted molar refractivity (Wildman–Crippen MR) is 56.5 cm³/mol. The number of hydrogen-bond acceptors (Lipinski definition) is 4. The molecule has 0 saturated heterocycles. The predicted octanol–water partition coefficient (Wildman–Crippen LogP) is 2.28. The van der Waals surface area contributed by atoms with Crippen molar-refractivity contribution >= 4 is 40.7 Å². The molecule has 72 valence electrons. The van der Waals surface area contributed by atoms with E-state index in [0.717, 1.165) is 4.88 Å². The lowest BCUT2D eigenvalue weighted by atomic mass is 10.1. The van der Waals surface area contributed by atoms with Gasteiger partial charge in [0.2, 0.25) is 0 Å². The summed E-state index contributed by atoms with van der Waals surface area (Å²) < 4.78 is 0. The zero-order chi connectivity index (χ0) is 9.97. The van der Waals surface area contributed by atoms with Crippen molar-refractivity contribution in [3.8, 4) is 0 Å². The number of hydrogen-bond donors (Lipinski definition) is 0. The molecule has 0 atom stereocenters. The van der Waals surface area contributed by atoms with Crippen LogP contribution in [0.4, 0.5) is 0 Å². The van der Waals surface area contributed by atoms with Crippen LogP contribution < -0.4 is 0 Å². The van der Waals surface area contributed by atoms with Crippen molar-refractivity contribution in [1.82, 2.24) is 0 Å². The highest BCUT2D eigenvalue weighted by molar-refractivity contribution is 7.10. The highest BCUT2D eigenvalue weighted by Crippen LogP contribution is 2.19. The van der Waals surface area contributed by atoms with Gasteiger partial charge in [0.15, 0.2) is 0 Å². The molecule has 5 heteroatoms. The van der Waals surface area contributed by atoms with Gasteiger partial charge in [-0.3, -0.25) is 0 Å². The fourth-order valence-electron chi connectivity index (χ4n) is 1.07. The van der Waals surface area contributed by atoms with Crippen molar-refractivity contribution in [3.05, 3.63) is 28.0 Å². The first-order valence-electron chi connectivity index (χ1n) is 3.91. The lowest BCUT2D eigenvalue weighted by molar-refractivity contribution is -0.136. The van der Waals surface area contributed by atoms with Gasteiger partial charge in [-0.15, -0.1) is 22.9 Å². The van der Waals surface area contributed by atoms with Crippen LogP contribution in [0, 0.1) is 0 Å². The number of rotatable bonds is 2. The van der Waals surface area contributed by atoms with Crippen LogP contribution in [0.2, 0.25) is 0 Å². The SMILES string of the molecule is O=C1ON=C(CCl)/C1=C/c1cccs1. The molecule has 0 N–H and O–H groups in total. The normalized spacial score (nSPS) is 18.5. The van der Waals surface area contributed by atoms with E-state index in [1.807, 2.05) is 17.5 Å². The summed E-state index contributed by atoms with van der Waals surface area (Å²) in [7, 11) is 0. The first kappa shape index (κ1) is 9.43. The van der Waals surface area contributed by atoms with E-state index in [2.05, 4.69) is 9.99 Å². The summed E-state index contributed by atoms with van der Waals surface area (Å²) in [6, 6.07) is 3.82. The summed E-state index contributed by atoms with van der Waals surface area (Å²) in [6.07, 6.45) is 1.74. The molecule has 0 spiro atoms. The number of halogens is 1. The second-order valence-electron chi connectivity index (χ2n) is 2.62. The molecule has 3 nitrogen and oxygen atoms in total. The minimum atomic E-state index is -0.436. The van der Waals surface area contributed by atoms with Gasteiger partial charge in [0.25, 0.3) is 0 Å². The summed E-state index contributed by atoms with van der Waals surface area (Å²) >= 11 is 7.15. The van der Waals surface area contributed by atoms with Crippen LogP contribution in [0.3, 0.4) is 0 Å². The summed E-state index contributed by atoms with van der Waals surface area (Å²) in [5.74, 6) is -0.253. The molecule has 0 amide bonds. The minimum Gasteiger partial charge on any atom is -0.312 e. The number of oxime groups is 1. The Hall–Kier alpha value is -1.13. The fraction of sp³-hybridized carbons (Fsp3) is 0.111. The maximum Gasteiger partial charge on any atom is 0.367 e. The maximum absolute atomic E-state index is 11.2. The number of carbonyl (C=O) groups excluding carboxylic acids is 1. The van der Waals surface area contributed by atoms with Gasteiger partial charge in [-0.2, -0.15) is 0 Å². The van der Waals surface area contributed by atoms with Gasteiger partial charge in [-0.1, -0.05) is 11.2 Å². The van der Waals surface area contributed by atoms with Crippen LogP contribution in [0.25, 0.3) is 6.08 Å². The van der Waals surface area contributed by atoms with Gasteiger partial charge in [-0.05, 0) is 17.5 Å². The Labute approximate surface area is 89.6 Å². The van der Waals surface area contributed by atoms with Crippen molar-refractivity contribution in [1.29, 1.82) is 0 Å².